The number of rotatable bonds is 0. The summed E-state index contributed by atoms with van der Waals surface area (Å²) in [6, 6.07) is 0. The Bertz CT molecular complexity index is 275. The Morgan fingerprint density at radius 2 is 2.00 bits per heavy atom. The standard InChI is InChI=1S/C3HF3N2O/c4-1-2(5)8(6)7-3(1)9/h(H,7,9). The molecule has 0 amide bonds. The number of hydrogen-bond donors (Lipinski definition) is 1. The molecule has 0 spiro atoms. The van der Waals surface area contributed by atoms with Gasteiger partial charge < -0.3 is 0 Å². The second-order valence-electron chi connectivity index (χ2n) is 1.33. The largest absolute Gasteiger partial charge is 0.305 e. The van der Waals surface area contributed by atoms with Crippen molar-refractivity contribution in [3.05, 3.63) is 22.1 Å². The first-order valence-corrected chi connectivity index (χ1v) is 1.95. The van der Waals surface area contributed by atoms with Gasteiger partial charge >= 0.3 is 5.56 Å². The number of aromatic amines is 1. The first kappa shape index (κ1) is 5.93. The van der Waals surface area contributed by atoms with E-state index in [9.17, 15) is 18.1 Å². The smallest absolute Gasteiger partial charge is 0.264 e. The van der Waals surface area contributed by atoms with Crippen molar-refractivity contribution >= 4 is 0 Å². The molecule has 6 heteroatoms. The summed E-state index contributed by atoms with van der Waals surface area (Å²) >= 11 is 0. The van der Waals surface area contributed by atoms with Crippen molar-refractivity contribution in [3.8, 4) is 0 Å². The lowest BCUT2D eigenvalue weighted by atomic mass is 10.7. The Morgan fingerprint density at radius 3 is 2.11 bits per heavy atom. The third kappa shape index (κ3) is 0.715. The van der Waals surface area contributed by atoms with Gasteiger partial charge in [-0.2, -0.15) is 8.78 Å². The molecule has 1 aromatic heterocycles. The van der Waals surface area contributed by atoms with Crippen molar-refractivity contribution in [3.63, 3.8) is 0 Å². The zero-order chi connectivity index (χ0) is 7.02. The van der Waals surface area contributed by atoms with Crippen molar-refractivity contribution in [2.75, 3.05) is 0 Å². The Kier molecular flexibility index (Phi) is 1.08. The van der Waals surface area contributed by atoms with Crippen molar-refractivity contribution in [1.82, 2.24) is 10.0 Å². The Morgan fingerprint density at radius 1 is 1.44 bits per heavy atom. The summed E-state index contributed by atoms with van der Waals surface area (Å²) in [4.78, 5) is 9.11. The van der Waals surface area contributed by atoms with E-state index in [0.29, 0.717) is 0 Å². The average Bonchev–Trinajstić information content (AvgIpc) is 1.98. The van der Waals surface area contributed by atoms with Gasteiger partial charge in [0.15, 0.2) is 0 Å². The van der Waals surface area contributed by atoms with Crippen molar-refractivity contribution in [1.29, 1.82) is 0 Å². The number of aromatic nitrogens is 2. The van der Waals surface area contributed by atoms with Gasteiger partial charge in [-0.05, 0) is 0 Å². The van der Waals surface area contributed by atoms with Gasteiger partial charge in [-0.3, -0.25) is 4.79 Å². The molecule has 1 N–H and O–H groups in total. The van der Waals surface area contributed by atoms with Gasteiger partial charge in [0.2, 0.25) is 5.82 Å². The molecule has 1 aromatic rings. The fourth-order valence-corrected chi connectivity index (χ4v) is 0.367. The molecule has 0 aliphatic carbocycles. The summed E-state index contributed by atoms with van der Waals surface area (Å²) in [6.07, 6.45) is 0. The summed E-state index contributed by atoms with van der Waals surface area (Å²) in [5.74, 6) is -3.57. The SMILES string of the molecule is O=c1[nH]n(F)c(F)c1F. The van der Waals surface area contributed by atoms with Crippen molar-refractivity contribution in [2.45, 2.75) is 0 Å². The van der Waals surface area contributed by atoms with Gasteiger partial charge in [-0.25, -0.2) is 5.10 Å². The summed E-state index contributed by atoms with van der Waals surface area (Å²) in [7, 11) is 0. The molecule has 0 aliphatic heterocycles. The maximum atomic E-state index is 11.8. The van der Waals surface area contributed by atoms with Crippen LogP contribution in [0.2, 0.25) is 0 Å². The number of nitrogens with zero attached hydrogens (tertiary/aromatic N) is 1. The van der Waals surface area contributed by atoms with Gasteiger partial charge in [-0.15, -0.1) is 0 Å². The van der Waals surface area contributed by atoms with Crippen LogP contribution in [0.5, 0.6) is 0 Å². The van der Waals surface area contributed by atoms with Gasteiger partial charge in [0, 0.05) is 0 Å². The van der Waals surface area contributed by atoms with Crippen LogP contribution in [0.1, 0.15) is 0 Å². The minimum absolute atomic E-state index is 0.822. The summed E-state index contributed by atoms with van der Waals surface area (Å²) < 4.78 is 35.2. The molecule has 1 rings (SSSR count). The Hall–Kier alpha value is -1.20. The van der Waals surface area contributed by atoms with E-state index in [4.69, 9.17) is 0 Å². The van der Waals surface area contributed by atoms with Gasteiger partial charge in [0.05, 0.1) is 0 Å². The van der Waals surface area contributed by atoms with Gasteiger partial charge in [0.25, 0.3) is 5.95 Å². The monoisotopic (exact) mass is 138 g/mol. The molecule has 3 nitrogen and oxygen atoms in total. The van der Waals surface area contributed by atoms with Crippen LogP contribution in [-0.2, 0) is 0 Å². The van der Waals surface area contributed by atoms with Crippen molar-refractivity contribution in [2.24, 2.45) is 0 Å². The third-order valence-electron chi connectivity index (χ3n) is 0.753. The fourth-order valence-electron chi connectivity index (χ4n) is 0.367. The lowest BCUT2D eigenvalue weighted by Crippen LogP contribution is -2.03. The second-order valence-corrected chi connectivity index (χ2v) is 1.33. The molecule has 0 aliphatic rings. The van der Waals surface area contributed by atoms with E-state index in [1.165, 1.54) is 5.10 Å². The summed E-state index contributed by atoms with van der Waals surface area (Å²) in [5.41, 5.74) is -1.41. The molecule has 0 unspecified atom stereocenters. The van der Waals surface area contributed by atoms with Crippen molar-refractivity contribution < 1.29 is 13.3 Å². The highest BCUT2D eigenvalue weighted by molar-refractivity contribution is 4.87. The second kappa shape index (κ2) is 1.64. The van der Waals surface area contributed by atoms with E-state index >= 15 is 0 Å². The molecule has 0 aromatic carbocycles. The Labute approximate surface area is 46.6 Å². The van der Waals surface area contributed by atoms with Crippen LogP contribution in [0.15, 0.2) is 4.79 Å². The fraction of sp³-hybridized carbons (Fsp3) is 0. The van der Waals surface area contributed by atoms with E-state index in [1.807, 2.05) is 0 Å². The molecular formula is C3HF3N2O. The molecular weight excluding hydrogens is 137 g/mol. The van der Waals surface area contributed by atoms with E-state index in [2.05, 4.69) is 0 Å². The third-order valence-corrected chi connectivity index (χ3v) is 0.753. The normalized spacial score (nSPS) is 10.1. The van der Waals surface area contributed by atoms with Crippen LogP contribution in [-0.4, -0.2) is 10.0 Å². The zero-order valence-corrected chi connectivity index (χ0v) is 3.99. The van der Waals surface area contributed by atoms with Gasteiger partial charge in [-0.1, -0.05) is 9.39 Å². The highest BCUT2D eigenvalue weighted by Gasteiger charge is 2.12. The molecule has 0 atom stereocenters. The van der Waals surface area contributed by atoms with E-state index in [-0.39, 0.29) is 0 Å². The topological polar surface area (TPSA) is 37.8 Å². The molecule has 0 saturated carbocycles. The van der Waals surface area contributed by atoms with Crippen LogP contribution in [0.25, 0.3) is 0 Å². The average molecular weight is 138 g/mol. The lowest BCUT2D eigenvalue weighted by molar-refractivity contribution is 0.246. The number of nitrogens with one attached hydrogen (secondary N) is 1. The predicted molar refractivity (Wildman–Crippen MR) is 21.5 cm³/mol. The number of hydrogen-bond acceptors (Lipinski definition) is 1. The molecule has 0 bridgehead atoms. The number of halogens is 3. The van der Waals surface area contributed by atoms with E-state index in [1.54, 1.807) is 0 Å². The summed E-state index contributed by atoms with van der Waals surface area (Å²) in [5, 5.41) is 1.22. The minimum atomic E-state index is -1.83. The van der Waals surface area contributed by atoms with Crippen LogP contribution in [0.3, 0.4) is 0 Å². The zero-order valence-electron chi connectivity index (χ0n) is 3.99. The first-order valence-electron chi connectivity index (χ1n) is 1.95. The summed E-state index contributed by atoms with van der Waals surface area (Å²) in [6.45, 7) is 0. The van der Waals surface area contributed by atoms with Crippen LogP contribution < -0.4 is 5.56 Å². The quantitative estimate of drug-likeness (QED) is 0.545. The van der Waals surface area contributed by atoms with E-state index < -0.39 is 22.2 Å². The molecule has 0 radical (unpaired) electrons. The highest BCUT2D eigenvalue weighted by Crippen LogP contribution is 1.96. The Balaban J connectivity index is 3.47. The molecule has 0 saturated heterocycles. The lowest BCUT2D eigenvalue weighted by Gasteiger charge is -1.78. The van der Waals surface area contributed by atoms with E-state index in [0.717, 1.165) is 0 Å². The number of H-pyrrole nitrogens is 1. The molecule has 9 heavy (non-hydrogen) atoms. The maximum absolute atomic E-state index is 11.8. The molecule has 50 valence electrons. The molecule has 1 heterocycles. The van der Waals surface area contributed by atoms with Gasteiger partial charge in [0.1, 0.15) is 0 Å². The van der Waals surface area contributed by atoms with Crippen LogP contribution >= 0.6 is 0 Å². The minimum Gasteiger partial charge on any atom is -0.264 e. The maximum Gasteiger partial charge on any atom is 0.305 e. The first-order chi connectivity index (χ1) is 4.13. The van der Waals surface area contributed by atoms with Crippen LogP contribution in [0, 0.1) is 11.8 Å². The highest BCUT2D eigenvalue weighted by atomic mass is 19.2. The molecule has 0 fully saturated rings. The predicted octanol–water partition coefficient (Wildman–Crippen LogP) is 0.187. The van der Waals surface area contributed by atoms with Crippen LogP contribution in [0.4, 0.5) is 13.3 Å².